The average molecular weight is 344 g/mol. The summed E-state index contributed by atoms with van der Waals surface area (Å²) >= 11 is 0. The second-order valence-corrected chi connectivity index (χ2v) is 8.65. The third-order valence-corrected chi connectivity index (χ3v) is 6.77. The number of hydrogen-bond donors (Lipinski definition) is 0. The van der Waals surface area contributed by atoms with Crippen molar-refractivity contribution in [3.8, 4) is 0 Å². The van der Waals surface area contributed by atoms with E-state index in [1.165, 1.54) is 14.1 Å². The first-order valence-electron chi connectivity index (χ1n) is 7.40. The van der Waals surface area contributed by atoms with Crippen LogP contribution < -0.4 is 0 Å². The van der Waals surface area contributed by atoms with Gasteiger partial charge in [-0.1, -0.05) is 0 Å². The van der Waals surface area contributed by atoms with Crippen LogP contribution in [0.25, 0.3) is 0 Å². The lowest BCUT2D eigenvalue weighted by molar-refractivity contribution is -0.169. The van der Waals surface area contributed by atoms with E-state index in [1.54, 1.807) is 4.90 Å². The molecule has 2 rings (SSSR count). The molecule has 9 heteroatoms. The smallest absolute Gasteiger partial charge is 0.381 e. The summed E-state index contributed by atoms with van der Waals surface area (Å²) in [6.07, 6.45) is -2.87. The predicted molar refractivity (Wildman–Crippen MR) is 75.9 cm³/mol. The maximum absolute atomic E-state index is 13.2. The van der Waals surface area contributed by atoms with Crippen molar-refractivity contribution in [1.82, 2.24) is 9.21 Å². The van der Waals surface area contributed by atoms with Gasteiger partial charge in [0, 0.05) is 46.9 Å². The minimum absolute atomic E-state index is 0.0535. The molecule has 0 radical (unpaired) electrons. The number of sulfonamides is 1. The van der Waals surface area contributed by atoms with Gasteiger partial charge in [-0.3, -0.25) is 0 Å². The van der Waals surface area contributed by atoms with Gasteiger partial charge in [-0.15, -0.1) is 0 Å². The number of nitrogens with zero attached hydrogens (tertiary/aromatic N) is 2. The van der Waals surface area contributed by atoms with Crippen LogP contribution in [-0.4, -0.2) is 76.0 Å². The molecule has 0 N–H and O–H groups in total. The van der Waals surface area contributed by atoms with E-state index in [-0.39, 0.29) is 19.0 Å². The summed E-state index contributed by atoms with van der Waals surface area (Å²) in [7, 11) is -1.37. The molecule has 2 saturated heterocycles. The fraction of sp³-hybridized carbons (Fsp3) is 1.00. The summed E-state index contributed by atoms with van der Waals surface area (Å²) in [6.45, 7) is 1.47. The molecule has 2 fully saturated rings. The van der Waals surface area contributed by atoms with Gasteiger partial charge in [0.25, 0.3) is 0 Å². The Morgan fingerprint density at radius 3 is 2.27 bits per heavy atom. The molecule has 0 aliphatic carbocycles. The van der Waals surface area contributed by atoms with Gasteiger partial charge >= 0.3 is 6.18 Å². The fourth-order valence-electron chi connectivity index (χ4n) is 3.18. The zero-order valence-corrected chi connectivity index (χ0v) is 13.7. The van der Waals surface area contributed by atoms with E-state index in [4.69, 9.17) is 4.74 Å². The molecule has 130 valence electrons. The summed E-state index contributed by atoms with van der Waals surface area (Å²) < 4.78 is 70.2. The highest BCUT2D eigenvalue weighted by atomic mass is 32.2. The molecule has 2 atom stereocenters. The molecule has 0 aromatic carbocycles. The molecule has 0 spiro atoms. The molecule has 0 amide bonds. The van der Waals surface area contributed by atoms with Gasteiger partial charge in [0.2, 0.25) is 10.0 Å². The molecular weight excluding hydrogens is 321 g/mol. The van der Waals surface area contributed by atoms with Gasteiger partial charge in [0.1, 0.15) is 5.25 Å². The highest BCUT2D eigenvalue weighted by Gasteiger charge is 2.55. The van der Waals surface area contributed by atoms with Crippen LogP contribution in [-0.2, 0) is 14.8 Å². The Kier molecular flexibility index (Phi) is 5.41. The van der Waals surface area contributed by atoms with E-state index in [9.17, 15) is 21.6 Å². The lowest BCUT2D eigenvalue weighted by Crippen LogP contribution is -2.43. The van der Waals surface area contributed by atoms with Crippen LogP contribution in [0.3, 0.4) is 0 Å². The molecular formula is C13H23F3N2O3S. The largest absolute Gasteiger partial charge is 0.394 e. The highest BCUT2D eigenvalue weighted by molar-refractivity contribution is 7.89. The van der Waals surface area contributed by atoms with Crippen molar-refractivity contribution in [1.29, 1.82) is 0 Å². The normalized spacial score (nSPS) is 29.4. The second kappa shape index (κ2) is 6.62. The maximum atomic E-state index is 13.2. The van der Waals surface area contributed by atoms with Crippen LogP contribution in [0, 0.1) is 11.8 Å². The molecule has 0 aromatic rings. The van der Waals surface area contributed by atoms with Crippen molar-refractivity contribution in [3.05, 3.63) is 0 Å². The molecule has 2 aliphatic rings. The summed E-state index contributed by atoms with van der Waals surface area (Å²) in [5.41, 5.74) is 0. The van der Waals surface area contributed by atoms with E-state index in [2.05, 4.69) is 0 Å². The number of likely N-dealkylation sites (tertiary alicyclic amines) is 1. The van der Waals surface area contributed by atoms with Crippen LogP contribution in [0.4, 0.5) is 13.2 Å². The van der Waals surface area contributed by atoms with Crippen molar-refractivity contribution in [3.63, 3.8) is 0 Å². The zero-order chi connectivity index (χ0) is 16.5. The van der Waals surface area contributed by atoms with Crippen molar-refractivity contribution < 1.29 is 26.3 Å². The van der Waals surface area contributed by atoms with Crippen molar-refractivity contribution in [2.75, 3.05) is 46.9 Å². The maximum Gasteiger partial charge on any atom is 0.394 e. The third-order valence-electron chi connectivity index (χ3n) is 4.51. The van der Waals surface area contributed by atoms with Gasteiger partial charge in [-0.2, -0.15) is 13.2 Å². The van der Waals surface area contributed by atoms with Gasteiger partial charge < -0.3 is 9.64 Å². The van der Waals surface area contributed by atoms with E-state index in [0.717, 1.165) is 17.1 Å². The molecule has 2 aliphatic heterocycles. The third kappa shape index (κ3) is 3.93. The van der Waals surface area contributed by atoms with E-state index in [1.807, 2.05) is 0 Å². The first kappa shape index (κ1) is 18.0. The van der Waals surface area contributed by atoms with Gasteiger partial charge in [-0.25, -0.2) is 12.7 Å². The van der Waals surface area contributed by atoms with Crippen molar-refractivity contribution >= 4 is 10.0 Å². The lowest BCUT2D eigenvalue weighted by Gasteiger charge is -2.27. The number of hydrogen-bond acceptors (Lipinski definition) is 4. The molecule has 0 unspecified atom stereocenters. The number of ether oxygens (including phenoxy) is 1. The Hall–Kier alpha value is -0.380. The number of alkyl halides is 3. The van der Waals surface area contributed by atoms with E-state index >= 15 is 0 Å². The minimum Gasteiger partial charge on any atom is -0.381 e. The van der Waals surface area contributed by atoms with Crippen molar-refractivity contribution in [2.24, 2.45) is 11.8 Å². The Bertz CT molecular complexity index is 475. The van der Waals surface area contributed by atoms with Crippen LogP contribution in [0.2, 0.25) is 0 Å². The summed E-state index contributed by atoms with van der Waals surface area (Å²) in [5.74, 6) is -1.54. The summed E-state index contributed by atoms with van der Waals surface area (Å²) in [6, 6.07) is 0. The zero-order valence-electron chi connectivity index (χ0n) is 12.8. The molecule has 2 heterocycles. The van der Waals surface area contributed by atoms with E-state index in [0.29, 0.717) is 19.8 Å². The Morgan fingerprint density at radius 1 is 1.18 bits per heavy atom. The van der Waals surface area contributed by atoms with Crippen LogP contribution >= 0.6 is 0 Å². The Labute approximate surface area is 129 Å². The van der Waals surface area contributed by atoms with E-state index < -0.39 is 27.4 Å². The molecule has 0 bridgehead atoms. The lowest BCUT2D eigenvalue weighted by atomic mass is 10.00. The van der Waals surface area contributed by atoms with Gasteiger partial charge in [-0.05, 0) is 18.8 Å². The molecule has 0 aromatic heterocycles. The van der Waals surface area contributed by atoms with Crippen molar-refractivity contribution in [2.45, 2.75) is 24.3 Å². The molecule has 0 saturated carbocycles. The average Bonchev–Trinajstić information content (AvgIpc) is 2.84. The van der Waals surface area contributed by atoms with Gasteiger partial charge in [0.15, 0.2) is 0 Å². The molecule has 5 nitrogen and oxygen atoms in total. The van der Waals surface area contributed by atoms with Gasteiger partial charge in [0.05, 0.1) is 5.92 Å². The SMILES string of the molecule is CN(C)S(=O)(=O)[C@@H]1CN(CC2CCOCC2)C[C@H]1C(F)(F)F. The monoisotopic (exact) mass is 344 g/mol. The Balaban J connectivity index is 2.11. The quantitative estimate of drug-likeness (QED) is 0.768. The van der Waals surface area contributed by atoms with Crippen LogP contribution in [0.1, 0.15) is 12.8 Å². The topological polar surface area (TPSA) is 49.9 Å². The first-order chi connectivity index (χ1) is 10.1. The Morgan fingerprint density at radius 2 is 1.77 bits per heavy atom. The number of halogens is 3. The predicted octanol–water partition coefficient (Wildman–Crippen LogP) is 1.17. The first-order valence-corrected chi connectivity index (χ1v) is 8.91. The summed E-state index contributed by atoms with van der Waals surface area (Å²) in [4.78, 5) is 1.65. The minimum atomic E-state index is -4.50. The van der Waals surface area contributed by atoms with Crippen LogP contribution in [0.15, 0.2) is 0 Å². The molecule has 22 heavy (non-hydrogen) atoms. The fourth-order valence-corrected chi connectivity index (χ4v) is 4.78. The standard InChI is InChI=1S/C13H23F3N2O3S/c1-17(2)22(19,20)12-9-18(8-11(12)13(14,15)16)7-10-3-5-21-6-4-10/h10-12H,3-9H2,1-2H3/t11-,12-/m1/s1. The highest BCUT2D eigenvalue weighted by Crippen LogP contribution is 2.38. The second-order valence-electron chi connectivity index (χ2n) is 6.29. The summed E-state index contributed by atoms with van der Waals surface area (Å²) in [5, 5.41) is -1.41. The number of rotatable bonds is 4. The van der Waals surface area contributed by atoms with Crippen LogP contribution in [0.5, 0.6) is 0 Å².